The van der Waals surface area contributed by atoms with Crippen molar-refractivity contribution in [2.75, 3.05) is 0 Å². The van der Waals surface area contributed by atoms with E-state index in [1.165, 1.54) is 69.3 Å². The summed E-state index contributed by atoms with van der Waals surface area (Å²) < 4.78 is 14.2. The molecule has 0 radical (unpaired) electrons. The number of nitrogens with zero attached hydrogens (tertiary/aromatic N) is 2. The van der Waals surface area contributed by atoms with Crippen molar-refractivity contribution in [3.05, 3.63) is 170 Å². The number of rotatable bonds is 3. The van der Waals surface area contributed by atoms with Gasteiger partial charge in [-0.2, -0.15) is 0 Å². The molecule has 0 aliphatic rings. The number of fused-ring (bicyclic) bond motifs is 13. The van der Waals surface area contributed by atoms with E-state index in [1.807, 2.05) is 11.3 Å². The smallest absolute Gasteiger partial charge is 0.143 e. The Morgan fingerprint density at radius 1 is 0.404 bits per heavy atom. The summed E-state index contributed by atoms with van der Waals surface area (Å²) in [6.07, 6.45) is 0. The predicted octanol–water partition coefficient (Wildman–Crippen LogP) is 13.8. The highest BCUT2D eigenvalue weighted by Crippen LogP contribution is 2.45. The van der Waals surface area contributed by atoms with Gasteiger partial charge in [-0.1, -0.05) is 115 Å². The van der Waals surface area contributed by atoms with Crippen LogP contribution in [-0.4, -0.2) is 9.13 Å². The Hall–Kier alpha value is -6.62. The summed E-state index contributed by atoms with van der Waals surface area (Å²) in [6, 6.07) is 61.5. The van der Waals surface area contributed by atoms with Crippen LogP contribution in [-0.2, 0) is 0 Å². The van der Waals surface area contributed by atoms with Gasteiger partial charge < -0.3 is 13.6 Å². The zero-order valence-corrected chi connectivity index (χ0v) is 28.7. The molecule has 0 saturated heterocycles. The van der Waals surface area contributed by atoms with E-state index >= 15 is 0 Å². The minimum atomic E-state index is 0.891. The fourth-order valence-electron chi connectivity index (χ4n) is 8.73. The molecule has 0 saturated carbocycles. The van der Waals surface area contributed by atoms with Gasteiger partial charge in [0.2, 0.25) is 0 Å². The largest absolute Gasteiger partial charge is 0.455 e. The maximum atomic E-state index is 6.76. The maximum Gasteiger partial charge on any atom is 0.143 e. The predicted molar refractivity (Wildman–Crippen MR) is 221 cm³/mol. The van der Waals surface area contributed by atoms with Crippen molar-refractivity contribution >= 4 is 97.1 Å². The molecule has 3 nitrogen and oxygen atoms in total. The Balaban J connectivity index is 1.13. The van der Waals surface area contributed by atoms with Gasteiger partial charge in [-0.3, -0.25) is 0 Å². The van der Waals surface area contributed by atoms with Gasteiger partial charge >= 0.3 is 0 Å². The highest BCUT2D eigenvalue weighted by Gasteiger charge is 2.22. The van der Waals surface area contributed by atoms with E-state index in [0.29, 0.717) is 0 Å². The second-order valence-electron chi connectivity index (χ2n) is 13.6. The van der Waals surface area contributed by atoms with E-state index in [9.17, 15) is 0 Å². The Morgan fingerprint density at radius 2 is 1.10 bits per heavy atom. The summed E-state index contributed by atoms with van der Waals surface area (Å²) >= 11 is 1.86. The third kappa shape index (κ3) is 3.74. The van der Waals surface area contributed by atoms with Crippen LogP contribution < -0.4 is 0 Å². The van der Waals surface area contributed by atoms with Crippen molar-refractivity contribution in [2.45, 2.75) is 0 Å². The summed E-state index contributed by atoms with van der Waals surface area (Å²) in [4.78, 5) is 0. The molecular weight excluding hydrogens is 653 g/mol. The second-order valence-corrected chi connectivity index (χ2v) is 14.7. The molecular formula is C48H28N2OS. The van der Waals surface area contributed by atoms with Crippen LogP contribution in [0.2, 0.25) is 0 Å². The Bertz CT molecular complexity index is 3410. The summed E-state index contributed by atoms with van der Waals surface area (Å²) in [5.74, 6) is 0. The first-order chi connectivity index (χ1) is 25.8. The first-order valence-corrected chi connectivity index (χ1v) is 18.5. The van der Waals surface area contributed by atoms with E-state index in [1.54, 1.807) is 0 Å². The monoisotopic (exact) mass is 680 g/mol. The molecule has 0 bridgehead atoms. The van der Waals surface area contributed by atoms with E-state index in [0.717, 1.165) is 38.9 Å². The molecule has 0 N–H and O–H groups in total. The summed E-state index contributed by atoms with van der Waals surface area (Å²) in [5.41, 5.74) is 11.2. The summed E-state index contributed by atoms with van der Waals surface area (Å²) in [7, 11) is 0. The number of hydrogen-bond acceptors (Lipinski definition) is 2. The van der Waals surface area contributed by atoms with Crippen molar-refractivity contribution in [1.82, 2.24) is 9.13 Å². The number of furan rings is 1. The molecule has 4 aromatic heterocycles. The molecule has 0 atom stereocenters. The average molecular weight is 681 g/mol. The third-order valence-electron chi connectivity index (χ3n) is 10.9. The van der Waals surface area contributed by atoms with E-state index in [2.05, 4.69) is 179 Å². The van der Waals surface area contributed by atoms with Gasteiger partial charge in [0.25, 0.3) is 0 Å². The highest BCUT2D eigenvalue weighted by molar-refractivity contribution is 7.26. The highest BCUT2D eigenvalue weighted by atomic mass is 32.1. The van der Waals surface area contributed by atoms with Crippen LogP contribution in [0.1, 0.15) is 0 Å². The minimum absolute atomic E-state index is 0.891. The number of hydrogen-bond donors (Lipinski definition) is 0. The Labute approximate surface area is 301 Å². The number of para-hydroxylation sites is 4. The van der Waals surface area contributed by atoms with Gasteiger partial charge in [-0.05, 0) is 54.6 Å². The molecule has 4 heteroatoms. The zero-order valence-electron chi connectivity index (χ0n) is 27.9. The van der Waals surface area contributed by atoms with Crippen molar-refractivity contribution in [1.29, 1.82) is 0 Å². The van der Waals surface area contributed by atoms with Crippen LogP contribution in [0.5, 0.6) is 0 Å². The molecule has 52 heavy (non-hydrogen) atoms. The molecule has 242 valence electrons. The van der Waals surface area contributed by atoms with Gasteiger partial charge in [0.05, 0.1) is 22.1 Å². The quantitative estimate of drug-likeness (QED) is 0.182. The van der Waals surface area contributed by atoms with E-state index < -0.39 is 0 Å². The van der Waals surface area contributed by atoms with Crippen LogP contribution in [0, 0.1) is 0 Å². The van der Waals surface area contributed by atoms with Crippen LogP contribution in [0.15, 0.2) is 174 Å². The van der Waals surface area contributed by atoms with Crippen LogP contribution in [0.25, 0.3) is 108 Å². The molecule has 0 unspecified atom stereocenters. The van der Waals surface area contributed by atoms with Gasteiger partial charge in [0.15, 0.2) is 0 Å². The second kappa shape index (κ2) is 10.5. The van der Waals surface area contributed by atoms with Crippen LogP contribution in [0.3, 0.4) is 0 Å². The van der Waals surface area contributed by atoms with Gasteiger partial charge in [-0.15, -0.1) is 11.3 Å². The number of benzene rings is 8. The molecule has 8 aromatic carbocycles. The number of aromatic nitrogens is 2. The van der Waals surface area contributed by atoms with Crippen molar-refractivity contribution in [2.24, 2.45) is 0 Å². The van der Waals surface area contributed by atoms with Crippen molar-refractivity contribution in [3.63, 3.8) is 0 Å². The summed E-state index contributed by atoms with van der Waals surface area (Å²) in [6.45, 7) is 0. The topological polar surface area (TPSA) is 23.0 Å². The van der Waals surface area contributed by atoms with Gasteiger partial charge in [-0.25, -0.2) is 0 Å². The van der Waals surface area contributed by atoms with E-state index in [-0.39, 0.29) is 0 Å². The Kier molecular flexibility index (Phi) is 5.65. The minimum Gasteiger partial charge on any atom is -0.455 e. The number of thiophene rings is 1. The molecule has 12 aromatic rings. The first kappa shape index (κ1) is 28.1. The van der Waals surface area contributed by atoms with Crippen LogP contribution >= 0.6 is 11.3 Å². The van der Waals surface area contributed by atoms with Crippen molar-refractivity contribution in [3.8, 4) is 22.5 Å². The Morgan fingerprint density at radius 3 is 1.96 bits per heavy atom. The fourth-order valence-corrected chi connectivity index (χ4v) is 9.96. The lowest BCUT2D eigenvalue weighted by Gasteiger charge is -2.10. The zero-order chi connectivity index (χ0) is 33.9. The lowest BCUT2D eigenvalue weighted by molar-refractivity contribution is 0.670. The van der Waals surface area contributed by atoms with Gasteiger partial charge in [0, 0.05) is 75.0 Å². The lowest BCUT2D eigenvalue weighted by Crippen LogP contribution is -1.95. The average Bonchev–Trinajstić information content (AvgIpc) is 3.95. The van der Waals surface area contributed by atoms with Crippen LogP contribution in [0.4, 0.5) is 0 Å². The SMILES string of the molecule is c1ccc(-n2c3ccccc3c3ccc4c(c5ccccc5n4-c4ccc5oc6c(-c7cccc8c7sc7ccccc78)cccc6c5c4)c32)cc1. The summed E-state index contributed by atoms with van der Waals surface area (Å²) in [5, 5.41) is 9.84. The van der Waals surface area contributed by atoms with Crippen molar-refractivity contribution < 1.29 is 4.42 Å². The molecule has 0 spiro atoms. The normalized spacial score (nSPS) is 12.2. The molecule has 0 amide bonds. The maximum absolute atomic E-state index is 6.76. The molecule has 4 heterocycles. The molecule has 12 rings (SSSR count). The first-order valence-electron chi connectivity index (χ1n) is 17.7. The third-order valence-corrected chi connectivity index (χ3v) is 12.1. The lowest BCUT2D eigenvalue weighted by atomic mass is 10.0. The molecule has 0 aliphatic carbocycles. The molecule has 0 fully saturated rings. The van der Waals surface area contributed by atoms with E-state index in [4.69, 9.17) is 4.42 Å². The standard InChI is InChI=1S/C48H28N2OS/c1-2-12-29(13-3-1)50-40-21-7-4-14-31(40)33-25-26-42-45(46(33)50)38-16-5-8-22-41(38)49(42)30-24-27-43-39(28-30)35-18-10-17-34(47(35)51-43)37-20-11-19-36-32-15-6-9-23-44(32)52-48(36)37/h1-28H. The van der Waals surface area contributed by atoms with Gasteiger partial charge in [0.1, 0.15) is 11.2 Å². The molecule has 0 aliphatic heterocycles. The fraction of sp³-hybridized carbons (Fsp3) is 0.